The molecule has 0 fully saturated rings. The number of halogens is 2. The normalized spacial score (nSPS) is 10.8. The zero-order valence-electron chi connectivity index (χ0n) is 14.6. The Kier molecular flexibility index (Phi) is 6.68. The predicted molar refractivity (Wildman–Crippen MR) is 114 cm³/mol. The molecule has 0 spiro atoms. The minimum atomic E-state index is -0.487. The summed E-state index contributed by atoms with van der Waals surface area (Å²) in [5.74, 6) is -0.432. The number of ether oxygens (including phenoxy) is 1. The first-order valence-electron chi connectivity index (χ1n) is 8.36. The Hall–Kier alpha value is -2.83. The second kappa shape index (κ2) is 9.39. The second-order valence-corrected chi connectivity index (χ2v) is 6.98. The van der Waals surface area contributed by atoms with Crippen molar-refractivity contribution in [2.75, 3.05) is 6.61 Å². The summed E-state index contributed by atoms with van der Waals surface area (Å²) in [6.07, 6.45) is 2.84. The number of hydrogen-bond donors (Lipinski definition) is 2. The van der Waals surface area contributed by atoms with Gasteiger partial charge in [0.1, 0.15) is 5.75 Å². The highest BCUT2D eigenvalue weighted by atomic mass is 79.9. The molecule has 3 rings (SSSR count). The van der Waals surface area contributed by atoms with Gasteiger partial charge in [0, 0.05) is 11.1 Å². The van der Waals surface area contributed by atoms with Crippen molar-refractivity contribution >= 4 is 56.2 Å². The molecule has 0 unspecified atom stereocenters. The summed E-state index contributed by atoms with van der Waals surface area (Å²) in [5, 5.41) is 2.58. The zero-order valence-corrected chi connectivity index (χ0v) is 17.0. The van der Waals surface area contributed by atoms with Crippen molar-refractivity contribution in [3.63, 3.8) is 0 Å². The fourth-order valence-electron chi connectivity index (χ4n) is 2.45. The van der Waals surface area contributed by atoms with Crippen molar-refractivity contribution in [3.8, 4) is 5.75 Å². The van der Waals surface area contributed by atoms with Gasteiger partial charge in [-0.15, -0.1) is 0 Å². The Morgan fingerprint density at radius 2 is 1.75 bits per heavy atom. The van der Waals surface area contributed by atoms with Crippen LogP contribution in [0.25, 0.3) is 16.8 Å². The molecule has 0 atom stereocenters. The maximum Gasteiger partial charge on any atom is 0.276 e. The number of amides is 2. The van der Waals surface area contributed by atoms with E-state index in [1.54, 1.807) is 30.3 Å². The lowest BCUT2D eigenvalue weighted by molar-refractivity contribution is -0.128. The van der Waals surface area contributed by atoms with Crippen LogP contribution in [0, 0.1) is 0 Å². The number of rotatable bonds is 5. The first kappa shape index (κ1) is 19.9. The van der Waals surface area contributed by atoms with Gasteiger partial charge in [0.15, 0.2) is 6.61 Å². The highest BCUT2D eigenvalue weighted by molar-refractivity contribution is 9.10. The van der Waals surface area contributed by atoms with E-state index < -0.39 is 11.8 Å². The van der Waals surface area contributed by atoms with Gasteiger partial charge in [0.25, 0.3) is 11.8 Å². The van der Waals surface area contributed by atoms with Crippen LogP contribution in [0.5, 0.6) is 5.75 Å². The average Bonchev–Trinajstić information content (AvgIpc) is 2.71. The Labute approximate surface area is 175 Å². The molecule has 3 aromatic carbocycles. The van der Waals surface area contributed by atoms with E-state index in [1.807, 2.05) is 36.4 Å². The van der Waals surface area contributed by atoms with E-state index in [-0.39, 0.29) is 6.61 Å². The molecule has 0 saturated heterocycles. The molecule has 0 aliphatic carbocycles. The summed E-state index contributed by atoms with van der Waals surface area (Å²) in [5.41, 5.74) is 5.29. The maximum atomic E-state index is 11.9. The van der Waals surface area contributed by atoms with Crippen LogP contribution in [0.1, 0.15) is 5.56 Å². The molecular formula is C21H16BrClN2O3. The van der Waals surface area contributed by atoms with Gasteiger partial charge >= 0.3 is 0 Å². The Morgan fingerprint density at radius 3 is 2.57 bits per heavy atom. The van der Waals surface area contributed by atoms with Crippen LogP contribution in [0.4, 0.5) is 0 Å². The van der Waals surface area contributed by atoms with Crippen LogP contribution in [-0.4, -0.2) is 18.4 Å². The molecule has 2 amide bonds. The van der Waals surface area contributed by atoms with E-state index in [0.29, 0.717) is 16.3 Å². The van der Waals surface area contributed by atoms with E-state index in [9.17, 15) is 9.59 Å². The molecule has 2 N–H and O–H groups in total. The van der Waals surface area contributed by atoms with Gasteiger partial charge in [-0.1, -0.05) is 60.1 Å². The number of fused-ring (bicyclic) bond motifs is 1. The monoisotopic (exact) mass is 458 g/mol. The molecule has 0 saturated carbocycles. The van der Waals surface area contributed by atoms with Gasteiger partial charge < -0.3 is 4.74 Å². The largest absolute Gasteiger partial charge is 0.483 e. The molecule has 7 heteroatoms. The predicted octanol–water partition coefficient (Wildman–Crippen LogP) is 4.50. The SMILES string of the molecule is O=C(/C=C/c1ccccc1Cl)NNC(=O)COc1ccc2ccccc2c1Br. The van der Waals surface area contributed by atoms with Crippen molar-refractivity contribution in [1.29, 1.82) is 0 Å². The molecule has 0 heterocycles. The first-order valence-corrected chi connectivity index (χ1v) is 9.53. The van der Waals surface area contributed by atoms with Crippen molar-refractivity contribution < 1.29 is 14.3 Å². The Bertz CT molecular complexity index is 1050. The van der Waals surface area contributed by atoms with Gasteiger partial charge in [0.05, 0.1) is 4.47 Å². The van der Waals surface area contributed by atoms with Crippen molar-refractivity contribution in [2.24, 2.45) is 0 Å². The molecule has 0 radical (unpaired) electrons. The van der Waals surface area contributed by atoms with Gasteiger partial charge in [-0.05, 0) is 50.5 Å². The van der Waals surface area contributed by atoms with Crippen LogP contribution < -0.4 is 15.6 Å². The smallest absolute Gasteiger partial charge is 0.276 e. The van der Waals surface area contributed by atoms with E-state index in [4.69, 9.17) is 16.3 Å². The number of benzene rings is 3. The summed E-state index contributed by atoms with van der Waals surface area (Å²) in [6.45, 7) is -0.245. The van der Waals surface area contributed by atoms with E-state index >= 15 is 0 Å². The van der Waals surface area contributed by atoms with Crippen molar-refractivity contribution in [2.45, 2.75) is 0 Å². The van der Waals surface area contributed by atoms with Gasteiger partial charge in [0.2, 0.25) is 0 Å². The molecule has 5 nitrogen and oxygen atoms in total. The van der Waals surface area contributed by atoms with Crippen LogP contribution in [0.2, 0.25) is 5.02 Å². The van der Waals surface area contributed by atoms with Crippen LogP contribution in [0.15, 0.2) is 71.2 Å². The Balaban J connectivity index is 1.50. The fourth-order valence-corrected chi connectivity index (χ4v) is 3.26. The standard InChI is InChI=1S/C21H16BrClN2O3/c22-21-16-7-3-1-5-14(16)9-11-18(21)28-13-20(27)25-24-19(26)12-10-15-6-2-4-8-17(15)23/h1-12H,13H2,(H,24,26)(H,25,27)/b12-10+. The first-order chi connectivity index (χ1) is 13.5. The second-order valence-electron chi connectivity index (χ2n) is 5.78. The van der Waals surface area contributed by atoms with Crippen molar-refractivity contribution in [3.05, 3.63) is 81.8 Å². The fraction of sp³-hybridized carbons (Fsp3) is 0.0476. The number of carbonyl (C=O) groups excluding carboxylic acids is 2. The molecule has 0 aliphatic rings. The number of hydrazine groups is 1. The highest BCUT2D eigenvalue weighted by Crippen LogP contribution is 2.32. The summed E-state index contributed by atoms with van der Waals surface area (Å²) in [7, 11) is 0. The quantitative estimate of drug-likeness (QED) is 0.436. The summed E-state index contributed by atoms with van der Waals surface area (Å²) < 4.78 is 6.31. The third-order valence-corrected chi connectivity index (χ3v) is 4.99. The highest BCUT2D eigenvalue weighted by Gasteiger charge is 2.09. The topological polar surface area (TPSA) is 67.4 Å². The minimum absolute atomic E-state index is 0.245. The van der Waals surface area contributed by atoms with E-state index in [1.165, 1.54) is 6.08 Å². The van der Waals surface area contributed by atoms with Crippen molar-refractivity contribution in [1.82, 2.24) is 10.9 Å². The van der Waals surface area contributed by atoms with Crippen LogP contribution >= 0.6 is 27.5 Å². The van der Waals surface area contributed by atoms with Crippen LogP contribution in [-0.2, 0) is 9.59 Å². The minimum Gasteiger partial charge on any atom is -0.483 e. The molecule has 3 aromatic rings. The summed E-state index contributed by atoms with van der Waals surface area (Å²) in [4.78, 5) is 23.7. The third-order valence-electron chi connectivity index (χ3n) is 3.83. The lowest BCUT2D eigenvalue weighted by Crippen LogP contribution is -2.43. The molecule has 0 aliphatic heterocycles. The molecule has 142 valence electrons. The molecule has 0 aromatic heterocycles. The Morgan fingerprint density at radius 1 is 1.00 bits per heavy atom. The molecule has 0 bridgehead atoms. The maximum absolute atomic E-state index is 11.9. The number of nitrogens with one attached hydrogen (secondary N) is 2. The number of carbonyl (C=O) groups is 2. The zero-order chi connectivity index (χ0) is 19.9. The van der Waals surface area contributed by atoms with E-state index in [2.05, 4.69) is 26.8 Å². The average molecular weight is 460 g/mol. The summed E-state index contributed by atoms with van der Waals surface area (Å²) >= 11 is 9.51. The van der Waals surface area contributed by atoms with Gasteiger partial charge in [-0.25, -0.2) is 0 Å². The molecule has 28 heavy (non-hydrogen) atoms. The lowest BCUT2D eigenvalue weighted by Gasteiger charge is -2.10. The third kappa shape index (κ3) is 5.12. The molecular weight excluding hydrogens is 444 g/mol. The lowest BCUT2D eigenvalue weighted by atomic mass is 10.1. The van der Waals surface area contributed by atoms with Gasteiger partial charge in [-0.2, -0.15) is 0 Å². The van der Waals surface area contributed by atoms with Gasteiger partial charge in [-0.3, -0.25) is 20.4 Å². The van der Waals surface area contributed by atoms with E-state index in [0.717, 1.165) is 15.2 Å². The number of hydrogen-bond acceptors (Lipinski definition) is 3. The summed E-state index contributed by atoms with van der Waals surface area (Å²) in [6, 6.07) is 18.6. The van der Waals surface area contributed by atoms with Crippen LogP contribution in [0.3, 0.4) is 0 Å².